The monoisotopic (exact) mass is 282 g/mol. The summed E-state index contributed by atoms with van der Waals surface area (Å²) in [5, 5.41) is 0. The van der Waals surface area contributed by atoms with Gasteiger partial charge in [-0.1, -0.05) is 33.1 Å². The lowest BCUT2D eigenvalue weighted by atomic mass is 9.71. The fraction of sp³-hybridized carbons (Fsp3) is 1.00. The number of hydrogen-bond acceptors (Lipinski definition) is 3. The first kappa shape index (κ1) is 16.3. The first-order chi connectivity index (χ1) is 9.61. The summed E-state index contributed by atoms with van der Waals surface area (Å²) < 4.78 is 5.51. The number of hydrogen-bond donors (Lipinski definition) is 1. The van der Waals surface area contributed by atoms with Crippen molar-refractivity contribution < 1.29 is 4.74 Å². The van der Waals surface area contributed by atoms with E-state index in [0.717, 1.165) is 38.6 Å². The average Bonchev–Trinajstić information content (AvgIpc) is 2.54. The van der Waals surface area contributed by atoms with Crippen LogP contribution in [-0.2, 0) is 4.74 Å². The van der Waals surface area contributed by atoms with Gasteiger partial charge in [0.15, 0.2) is 0 Å². The molecule has 2 atom stereocenters. The summed E-state index contributed by atoms with van der Waals surface area (Å²) in [6.07, 6.45) is 7.92. The van der Waals surface area contributed by atoms with Crippen molar-refractivity contribution in [2.24, 2.45) is 17.6 Å². The van der Waals surface area contributed by atoms with Crippen LogP contribution >= 0.6 is 0 Å². The molecule has 2 unspecified atom stereocenters. The molecule has 1 saturated heterocycles. The molecule has 0 aromatic rings. The fourth-order valence-electron chi connectivity index (χ4n) is 4.21. The van der Waals surface area contributed by atoms with Crippen molar-refractivity contribution >= 4 is 0 Å². The highest BCUT2D eigenvalue weighted by atomic mass is 16.5. The molecule has 0 aromatic carbocycles. The molecular formula is C17H34N2O. The number of ether oxygens (including phenoxy) is 1. The van der Waals surface area contributed by atoms with Crippen LogP contribution in [0.1, 0.15) is 59.3 Å². The second kappa shape index (κ2) is 7.24. The third kappa shape index (κ3) is 3.37. The van der Waals surface area contributed by atoms with Gasteiger partial charge in [-0.05, 0) is 38.0 Å². The van der Waals surface area contributed by atoms with E-state index in [2.05, 4.69) is 25.7 Å². The lowest BCUT2D eigenvalue weighted by molar-refractivity contribution is -0.0380. The van der Waals surface area contributed by atoms with Crippen LogP contribution < -0.4 is 5.73 Å². The maximum atomic E-state index is 6.77. The third-order valence-electron chi connectivity index (χ3n) is 6.14. The van der Waals surface area contributed by atoms with Gasteiger partial charge in [0.05, 0.1) is 13.2 Å². The molecule has 118 valence electrons. The Balaban J connectivity index is 1.98. The van der Waals surface area contributed by atoms with Crippen LogP contribution in [0.5, 0.6) is 0 Å². The Labute approximate surface area is 125 Å². The Morgan fingerprint density at radius 2 is 1.75 bits per heavy atom. The number of rotatable bonds is 5. The van der Waals surface area contributed by atoms with Gasteiger partial charge < -0.3 is 10.5 Å². The Kier molecular flexibility index (Phi) is 5.88. The number of nitrogens with two attached hydrogens (primary N) is 1. The van der Waals surface area contributed by atoms with Crippen LogP contribution in [0.3, 0.4) is 0 Å². The molecule has 2 fully saturated rings. The van der Waals surface area contributed by atoms with E-state index in [1.165, 1.54) is 32.1 Å². The highest BCUT2D eigenvalue weighted by Crippen LogP contribution is 2.37. The predicted molar refractivity (Wildman–Crippen MR) is 84.8 cm³/mol. The molecular weight excluding hydrogens is 248 g/mol. The third-order valence-corrected chi connectivity index (χ3v) is 6.14. The molecule has 1 aliphatic carbocycles. The van der Waals surface area contributed by atoms with E-state index in [1.807, 2.05) is 0 Å². The Bertz CT molecular complexity index is 283. The maximum absolute atomic E-state index is 6.77. The van der Waals surface area contributed by atoms with Crippen molar-refractivity contribution in [3.05, 3.63) is 0 Å². The topological polar surface area (TPSA) is 38.5 Å². The van der Waals surface area contributed by atoms with Gasteiger partial charge >= 0.3 is 0 Å². The van der Waals surface area contributed by atoms with Crippen LogP contribution in [0.15, 0.2) is 0 Å². The van der Waals surface area contributed by atoms with Crippen molar-refractivity contribution in [2.75, 3.05) is 26.3 Å². The van der Waals surface area contributed by atoms with Crippen molar-refractivity contribution in [3.8, 4) is 0 Å². The fourth-order valence-corrected chi connectivity index (χ4v) is 4.21. The van der Waals surface area contributed by atoms with Gasteiger partial charge in [0, 0.05) is 24.7 Å². The summed E-state index contributed by atoms with van der Waals surface area (Å²) in [6.45, 7) is 10.8. The minimum Gasteiger partial charge on any atom is -0.379 e. The van der Waals surface area contributed by atoms with Gasteiger partial charge in [-0.3, -0.25) is 4.90 Å². The number of nitrogens with zero attached hydrogens (tertiary/aromatic N) is 1. The molecule has 2 aliphatic rings. The SMILES string of the molecule is CCC1CCC(C(N)C(C)(CC)N2CCOCC2)CC1. The van der Waals surface area contributed by atoms with Crippen LogP contribution in [0.2, 0.25) is 0 Å². The van der Waals surface area contributed by atoms with E-state index in [9.17, 15) is 0 Å². The van der Waals surface area contributed by atoms with Gasteiger partial charge in [0.2, 0.25) is 0 Å². The van der Waals surface area contributed by atoms with Gasteiger partial charge in [-0.2, -0.15) is 0 Å². The first-order valence-corrected chi connectivity index (χ1v) is 8.70. The van der Waals surface area contributed by atoms with Gasteiger partial charge in [0.25, 0.3) is 0 Å². The molecule has 20 heavy (non-hydrogen) atoms. The van der Waals surface area contributed by atoms with Crippen molar-refractivity contribution in [1.82, 2.24) is 4.90 Å². The van der Waals surface area contributed by atoms with Crippen molar-refractivity contribution in [1.29, 1.82) is 0 Å². The smallest absolute Gasteiger partial charge is 0.0594 e. The molecule has 2 rings (SSSR count). The van der Waals surface area contributed by atoms with E-state index in [-0.39, 0.29) is 5.54 Å². The van der Waals surface area contributed by atoms with E-state index in [4.69, 9.17) is 10.5 Å². The number of morpholine rings is 1. The molecule has 2 N–H and O–H groups in total. The average molecular weight is 282 g/mol. The summed E-state index contributed by atoms with van der Waals surface area (Å²) in [6, 6.07) is 0.309. The summed E-state index contributed by atoms with van der Waals surface area (Å²) in [5.74, 6) is 1.67. The molecule has 0 bridgehead atoms. The second-order valence-corrected chi connectivity index (χ2v) is 7.02. The van der Waals surface area contributed by atoms with Crippen LogP contribution in [0.25, 0.3) is 0 Å². The highest BCUT2D eigenvalue weighted by molar-refractivity contribution is 4.99. The molecule has 0 spiro atoms. The molecule has 0 radical (unpaired) electrons. The maximum Gasteiger partial charge on any atom is 0.0594 e. The van der Waals surface area contributed by atoms with E-state index in [1.54, 1.807) is 0 Å². The molecule has 1 aliphatic heterocycles. The zero-order chi connectivity index (χ0) is 14.6. The van der Waals surface area contributed by atoms with Crippen molar-refractivity contribution in [3.63, 3.8) is 0 Å². The summed E-state index contributed by atoms with van der Waals surface area (Å²) in [7, 11) is 0. The lowest BCUT2D eigenvalue weighted by Gasteiger charge is -2.49. The van der Waals surface area contributed by atoms with Crippen LogP contribution in [0, 0.1) is 11.8 Å². The van der Waals surface area contributed by atoms with Gasteiger partial charge in [-0.25, -0.2) is 0 Å². The first-order valence-electron chi connectivity index (χ1n) is 8.70. The minimum absolute atomic E-state index is 0.146. The molecule has 1 saturated carbocycles. The van der Waals surface area contributed by atoms with Crippen molar-refractivity contribution in [2.45, 2.75) is 70.9 Å². The standard InChI is InChI=1S/C17H34N2O/c1-4-14-6-8-15(9-7-14)16(18)17(3,5-2)19-10-12-20-13-11-19/h14-16H,4-13,18H2,1-3H3. The van der Waals surface area contributed by atoms with E-state index in [0.29, 0.717) is 12.0 Å². The molecule has 1 heterocycles. The largest absolute Gasteiger partial charge is 0.379 e. The van der Waals surface area contributed by atoms with Crippen LogP contribution in [0.4, 0.5) is 0 Å². The lowest BCUT2D eigenvalue weighted by Crippen LogP contribution is -2.63. The second-order valence-electron chi connectivity index (χ2n) is 7.02. The van der Waals surface area contributed by atoms with E-state index >= 15 is 0 Å². The van der Waals surface area contributed by atoms with Crippen LogP contribution in [-0.4, -0.2) is 42.8 Å². The Hall–Kier alpha value is -0.120. The summed E-state index contributed by atoms with van der Waals surface area (Å²) in [4.78, 5) is 2.59. The van der Waals surface area contributed by atoms with Gasteiger partial charge in [-0.15, -0.1) is 0 Å². The predicted octanol–water partition coefficient (Wildman–Crippen LogP) is 3.03. The highest BCUT2D eigenvalue weighted by Gasteiger charge is 2.41. The molecule has 0 aromatic heterocycles. The zero-order valence-corrected chi connectivity index (χ0v) is 13.7. The summed E-state index contributed by atoms with van der Waals surface area (Å²) in [5.41, 5.74) is 6.92. The minimum atomic E-state index is 0.146. The zero-order valence-electron chi connectivity index (χ0n) is 13.7. The normalized spacial score (nSPS) is 33.6. The van der Waals surface area contributed by atoms with E-state index < -0.39 is 0 Å². The molecule has 3 heteroatoms. The Morgan fingerprint density at radius 1 is 1.15 bits per heavy atom. The van der Waals surface area contributed by atoms with Gasteiger partial charge in [0.1, 0.15) is 0 Å². The summed E-state index contributed by atoms with van der Waals surface area (Å²) >= 11 is 0. The Morgan fingerprint density at radius 3 is 2.25 bits per heavy atom. The molecule has 3 nitrogen and oxygen atoms in total. The quantitative estimate of drug-likeness (QED) is 0.842. The molecule has 0 amide bonds.